The minimum atomic E-state index is 0.372. The minimum Gasteiger partial charge on any atom is -0.0891 e. The zero-order valence-corrected chi connectivity index (χ0v) is 11.8. The molecule has 1 unspecified atom stereocenters. The second-order valence-electron chi connectivity index (χ2n) is 5.04. The summed E-state index contributed by atoms with van der Waals surface area (Å²) in [5.41, 5.74) is 4.11. The molecule has 2 aromatic carbocycles. The normalized spacial score (nSPS) is 19.7. The molecule has 1 heteroatoms. The van der Waals surface area contributed by atoms with Crippen LogP contribution in [-0.4, -0.2) is 0 Å². The first-order valence-electron chi connectivity index (χ1n) is 6.84. The van der Waals surface area contributed by atoms with Gasteiger partial charge in [0, 0.05) is 15.7 Å². The molecule has 1 heterocycles. The molecule has 0 nitrogen and oxygen atoms in total. The molecule has 2 aliphatic rings. The highest BCUT2D eigenvalue weighted by Gasteiger charge is 2.24. The van der Waals surface area contributed by atoms with E-state index in [0.717, 1.165) is 0 Å². The second-order valence-corrected chi connectivity index (χ2v) is 6.13. The Morgan fingerprint density at radius 1 is 0.850 bits per heavy atom. The first-order chi connectivity index (χ1) is 9.92. The monoisotopic (exact) mass is 274 g/mol. The van der Waals surface area contributed by atoms with E-state index in [2.05, 4.69) is 78.9 Å². The van der Waals surface area contributed by atoms with Crippen LogP contribution in [0.3, 0.4) is 0 Å². The lowest BCUT2D eigenvalue weighted by molar-refractivity contribution is 1.01. The largest absolute Gasteiger partial charge is 0.0891 e. The van der Waals surface area contributed by atoms with E-state index in [4.69, 9.17) is 0 Å². The predicted octanol–water partition coefficient (Wildman–Crippen LogP) is 5.41. The van der Waals surface area contributed by atoms with Gasteiger partial charge in [0.2, 0.25) is 0 Å². The van der Waals surface area contributed by atoms with Crippen LogP contribution >= 0.6 is 11.8 Å². The fourth-order valence-electron chi connectivity index (χ4n) is 2.79. The van der Waals surface area contributed by atoms with Crippen molar-refractivity contribution in [1.82, 2.24) is 0 Å². The highest BCUT2D eigenvalue weighted by Crippen LogP contribution is 2.47. The molecule has 0 spiro atoms. The first kappa shape index (κ1) is 11.8. The van der Waals surface area contributed by atoms with Crippen molar-refractivity contribution in [3.05, 3.63) is 94.4 Å². The number of hydrogen-bond donors (Lipinski definition) is 0. The standard InChI is InChI=1S/C19H14S/c1-2-7-14(8-3-1)16-10-6-12-19-17(16)13-15-9-4-5-11-18(15)20-19/h1-13,16H. The second kappa shape index (κ2) is 4.84. The topological polar surface area (TPSA) is 0 Å². The van der Waals surface area contributed by atoms with Crippen LogP contribution in [0.25, 0.3) is 6.08 Å². The van der Waals surface area contributed by atoms with Crippen molar-refractivity contribution in [2.45, 2.75) is 10.8 Å². The van der Waals surface area contributed by atoms with Gasteiger partial charge in [-0.25, -0.2) is 0 Å². The van der Waals surface area contributed by atoms with Crippen molar-refractivity contribution >= 4 is 17.8 Å². The molecule has 0 saturated carbocycles. The van der Waals surface area contributed by atoms with E-state index in [0.29, 0.717) is 5.92 Å². The number of hydrogen-bond acceptors (Lipinski definition) is 1. The number of rotatable bonds is 1. The summed E-state index contributed by atoms with van der Waals surface area (Å²) in [6.07, 6.45) is 9.05. The Bertz CT molecular complexity index is 735. The number of allylic oxidation sites excluding steroid dienone is 4. The molecule has 0 N–H and O–H groups in total. The van der Waals surface area contributed by atoms with Gasteiger partial charge in [-0.3, -0.25) is 0 Å². The van der Waals surface area contributed by atoms with Gasteiger partial charge < -0.3 is 0 Å². The maximum atomic E-state index is 2.35. The molecule has 0 radical (unpaired) electrons. The molecule has 2 aromatic rings. The molecule has 1 aliphatic heterocycles. The summed E-state index contributed by atoms with van der Waals surface area (Å²) in [4.78, 5) is 2.73. The summed E-state index contributed by atoms with van der Waals surface area (Å²) in [7, 11) is 0. The Morgan fingerprint density at radius 2 is 1.65 bits per heavy atom. The van der Waals surface area contributed by atoms with E-state index >= 15 is 0 Å². The maximum absolute atomic E-state index is 2.35. The van der Waals surface area contributed by atoms with E-state index in [1.165, 1.54) is 26.5 Å². The van der Waals surface area contributed by atoms with Crippen LogP contribution in [0.5, 0.6) is 0 Å². The van der Waals surface area contributed by atoms with Crippen LogP contribution in [0.1, 0.15) is 17.0 Å². The van der Waals surface area contributed by atoms with Crippen molar-refractivity contribution in [3.63, 3.8) is 0 Å². The molecule has 0 saturated heterocycles. The van der Waals surface area contributed by atoms with Crippen LogP contribution in [0.2, 0.25) is 0 Å². The lowest BCUT2D eigenvalue weighted by atomic mass is 9.86. The van der Waals surface area contributed by atoms with Crippen LogP contribution < -0.4 is 0 Å². The Balaban J connectivity index is 1.84. The van der Waals surface area contributed by atoms with E-state index in [-0.39, 0.29) is 0 Å². The molecule has 0 fully saturated rings. The van der Waals surface area contributed by atoms with Crippen molar-refractivity contribution in [2.75, 3.05) is 0 Å². The average Bonchev–Trinajstić information content (AvgIpc) is 2.53. The average molecular weight is 274 g/mol. The molecule has 0 bridgehead atoms. The summed E-state index contributed by atoms with van der Waals surface area (Å²) in [5.74, 6) is 0.372. The Morgan fingerprint density at radius 3 is 2.55 bits per heavy atom. The number of fused-ring (bicyclic) bond motifs is 2. The molecule has 20 heavy (non-hydrogen) atoms. The van der Waals surface area contributed by atoms with Crippen molar-refractivity contribution in [2.24, 2.45) is 0 Å². The Labute approximate surface area is 123 Å². The molecular weight excluding hydrogens is 260 g/mol. The summed E-state index contributed by atoms with van der Waals surface area (Å²) in [6, 6.07) is 19.4. The third-order valence-electron chi connectivity index (χ3n) is 3.78. The van der Waals surface area contributed by atoms with Crippen molar-refractivity contribution in [3.8, 4) is 0 Å². The van der Waals surface area contributed by atoms with Gasteiger partial charge in [0.25, 0.3) is 0 Å². The third-order valence-corrected chi connectivity index (χ3v) is 4.96. The van der Waals surface area contributed by atoms with Gasteiger partial charge in [-0.1, -0.05) is 72.4 Å². The van der Waals surface area contributed by atoms with Gasteiger partial charge in [0.05, 0.1) is 0 Å². The highest BCUT2D eigenvalue weighted by atomic mass is 32.2. The lowest BCUT2D eigenvalue weighted by Crippen LogP contribution is -2.06. The first-order valence-corrected chi connectivity index (χ1v) is 7.66. The zero-order chi connectivity index (χ0) is 13.4. The zero-order valence-electron chi connectivity index (χ0n) is 11.0. The fraction of sp³-hybridized carbons (Fsp3) is 0.0526. The number of benzene rings is 2. The quantitative estimate of drug-likeness (QED) is 0.669. The Kier molecular flexibility index (Phi) is 2.86. The summed E-state index contributed by atoms with van der Waals surface area (Å²) >= 11 is 1.88. The molecule has 4 rings (SSSR count). The molecular formula is C19H14S. The van der Waals surface area contributed by atoms with E-state index < -0.39 is 0 Å². The van der Waals surface area contributed by atoms with Gasteiger partial charge in [0.15, 0.2) is 0 Å². The molecule has 0 amide bonds. The van der Waals surface area contributed by atoms with Crippen molar-refractivity contribution < 1.29 is 0 Å². The lowest BCUT2D eigenvalue weighted by Gasteiger charge is -2.27. The van der Waals surface area contributed by atoms with E-state index in [9.17, 15) is 0 Å². The van der Waals surface area contributed by atoms with E-state index in [1.807, 2.05) is 11.8 Å². The fourth-order valence-corrected chi connectivity index (χ4v) is 3.87. The van der Waals surface area contributed by atoms with Crippen LogP contribution in [0, 0.1) is 0 Å². The van der Waals surface area contributed by atoms with Crippen LogP contribution in [0.15, 0.2) is 88.2 Å². The van der Waals surface area contributed by atoms with Gasteiger partial charge in [-0.15, -0.1) is 0 Å². The summed E-state index contributed by atoms with van der Waals surface area (Å²) < 4.78 is 0. The summed E-state index contributed by atoms with van der Waals surface area (Å²) in [5, 5.41) is 0. The van der Waals surface area contributed by atoms with Crippen LogP contribution in [-0.2, 0) is 0 Å². The smallest absolute Gasteiger partial charge is 0.0284 e. The Hall–Kier alpha value is -1.99. The molecule has 96 valence electrons. The number of thioether (sulfide) groups is 1. The molecule has 1 aliphatic carbocycles. The van der Waals surface area contributed by atoms with Crippen LogP contribution in [0.4, 0.5) is 0 Å². The SMILES string of the molecule is C1=CC(c2ccccc2)C2=Cc3ccccc3SC2=C1. The predicted molar refractivity (Wildman–Crippen MR) is 86.7 cm³/mol. The molecule has 0 aromatic heterocycles. The van der Waals surface area contributed by atoms with Gasteiger partial charge >= 0.3 is 0 Å². The van der Waals surface area contributed by atoms with Gasteiger partial charge in [-0.2, -0.15) is 0 Å². The van der Waals surface area contributed by atoms with Gasteiger partial charge in [0.1, 0.15) is 0 Å². The molecule has 1 atom stereocenters. The van der Waals surface area contributed by atoms with E-state index in [1.54, 1.807) is 0 Å². The minimum absolute atomic E-state index is 0.372. The third kappa shape index (κ3) is 1.95. The van der Waals surface area contributed by atoms with Gasteiger partial charge in [-0.05, 0) is 34.9 Å². The maximum Gasteiger partial charge on any atom is 0.0284 e. The van der Waals surface area contributed by atoms with Crippen molar-refractivity contribution in [1.29, 1.82) is 0 Å². The summed E-state index contributed by atoms with van der Waals surface area (Å²) in [6.45, 7) is 0. The highest BCUT2D eigenvalue weighted by molar-refractivity contribution is 8.03.